The number of rotatable bonds is 4. The Balaban J connectivity index is 0.00000220. The first kappa shape index (κ1) is 18.1. The smallest absolute Gasteiger partial charge is 0.548 e. The molecule has 1 aliphatic heterocycles. The summed E-state index contributed by atoms with van der Waals surface area (Å²) >= 11 is 6.05. The van der Waals surface area contributed by atoms with Gasteiger partial charge >= 0.3 is 29.6 Å². The minimum absolute atomic E-state index is 0. The van der Waals surface area contributed by atoms with Gasteiger partial charge in [-0.3, -0.25) is 9.69 Å². The molecule has 1 saturated heterocycles. The Morgan fingerprint density at radius 3 is 2.62 bits per heavy atom. The van der Waals surface area contributed by atoms with E-state index in [-0.39, 0.29) is 33.9 Å². The molecule has 0 unspecified atom stereocenters. The minimum atomic E-state index is -1.33. The second-order valence-electron chi connectivity index (χ2n) is 3.93. The molecule has 0 N–H and O–H groups in total. The Labute approximate surface area is 154 Å². The van der Waals surface area contributed by atoms with Crippen molar-refractivity contribution in [3.63, 3.8) is 0 Å². The number of benzene rings is 1. The fourth-order valence-electron chi connectivity index (χ4n) is 1.59. The summed E-state index contributed by atoms with van der Waals surface area (Å²) in [4.78, 5) is 23.9. The molecule has 4 nitrogen and oxygen atoms in total. The third-order valence-corrected chi connectivity index (χ3v) is 3.89. The molecule has 102 valence electrons. The van der Waals surface area contributed by atoms with Gasteiger partial charge in [0.2, 0.25) is 0 Å². The Bertz CT molecular complexity index is 614. The Morgan fingerprint density at radius 1 is 1.33 bits per heavy atom. The molecule has 0 aromatic heterocycles. The summed E-state index contributed by atoms with van der Waals surface area (Å²) in [5, 5.41) is 10.5. The van der Waals surface area contributed by atoms with Crippen LogP contribution in [0.2, 0.25) is 0 Å². The van der Waals surface area contributed by atoms with E-state index in [9.17, 15) is 14.7 Å². The summed E-state index contributed by atoms with van der Waals surface area (Å²) < 4.78 is 0.235. The molecule has 0 bridgehead atoms. The number of carbonyl (C=O) groups is 2. The molecule has 0 radical (unpaired) electrons. The van der Waals surface area contributed by atoms with Crippen LogP contribution >= 0.6 is 24.0 Å². The third kappa shape index (κ3) is 5.09. The van der Waals surface area contributed by atoms with Gasteiger partial charge in [0.15, 0.2) is 0 Å². The van der Waals surface area contributed by atoms with Gasteiger partial charge in [-0.25, -0.2) is 0 Å². The Hall–Kier alpha value is -0.920. The second kappa shape index (κ2) is 8.51. The van der Waals surface area contributed by atoms with Gasteiger partial charge in [0.05, 0.1) is 17.4 Å². The van der Waals surface area contributed by atoms with Crippen LogP contribution in [0.3, 0.4) is 0 Å². The molecule has 2 rings (SSSR count). The fraction of sp³-hybridized carbons (Fsp3) is 0.0714. The fourth-order valence-corrected chi connectivity index (χ4v) is 2.80. The largest absolute Gasteiger partial charge is 1.00 e. The zero-order chi connectivity index (χ0) is 14.5. The Morgan fingerprint density at radius 2 is 2.00 bits per heavy atom. The van der Waals surface area contributed by atoms with Crippen molar-refractivity contribution in [3.8, 4) is 0 Å². The van der Waals surface area contributed by atoms with Gasteiger partial charge in [0.25, 0.3) is 5.91 Å². The van der Waals surface area contributed by atoms with Gasteiger partial charge < -0.3 is 9.90 Å². The van der Waals surface area contributed by atoms with Crippen LogP contribution in [0.25, 0.3) is 6.08 Å². The monoisotopic (exact) mass is 327 g/mol. The minimum Gasteiger partial charge on any atom is -0.548 e. The number of thioether (sulfide) groups is 1. The molecule has 0 spiro atoms. The number of carboxylic acid groups (broad SMARTS) is 1. The van der Waals surface area contributed by atoms with Crippen molar-refractivity contribution in [2.75, 3.05) is 6.54 Å². The number of thiocarbonyl (C=S) groups is 1. The summed E-state index contributed by atoms with van der Waals surface area (Å²) in [6, 6.07) is 9.62. The van der Waals surface area contributed by atoms with E-state index in [1.54, 1.807) is 12.2 Å². The molecular formula is C14H10NNaO3S2. The van der Waals surface area contributed by atoms with Crippen molar-refractivity contribution in [1.82, 2.24) is 4.90 Å². The van der Waals surface area contributed by atoms with Crippen LogP contribution in [-0.4, -0.2) is 27.6 Å². The van der Waals surface area contributed by atoms with Crippen LogP contribution in [0.5, 0.6) is 0 Å². The number of nitrogens with zero attached hydrogens (tertiary/aromatic N) is 1. The molecule has 0 atom stereocenters. The number of amides is 1. The molecule has 0 saturated carbocycles. The summed E-state index contributed by atoms with van der Waals surface area (Å²) in [7, 11) is 0. The summed E-state index contributed by atoms with van der Waals surface area (Å²) in [6.07, 6.45) is 5.22. The average molecular weight is 327 g/mol. The van der Waals surface area contributed by atoms with E-state index >= 15 is 0 Å². The molecule has 7 heteroatoms. The van der Waals surface area contributed by atoms with E-state index in [1.165, 1.54) is 0 Å². The number of aliphatic carboxylic acids is 1. The standard InChI is InChI=1S/C14H11NO3S2.Na/c16-12(17)9-15-13(18)11(20-14(15)19)8-4-7-10-5-2-1-3-6-10;/h1-8H,9H2,(H,16,17);/q;+1/p-1/b7-4+,11-8-;. The first-order chi connectivity index (χ1) is 9.58. The van der Waals surface area contributed by atoms with Crippen LogP contribution < -0.4 is 34.7 Å². The van der Waals surface area contributed by atoms with Crippen LogP contribution in [0.1, 0.15) is 5.56 Å². The topological polar surface area (TPSA) is 60.4 Å². The number of hydrogen-bond donors (Lipinski definition) is 0. The van der Waals surface area contributed by atoms with Crippen LogP contribution in [0.4, 0.5) is 0 Å². The maximum atomic E-state index is 11.9. The van der Waals surface area contributed by atoms with Gasteiger partial charge in [0.1, 0.15) is 4.32 Å². The zero-order valence-corrected chi connectivity index (χ0v) is 14.9. The van der Waals surface area contributed by atoms with Crippen molar-refractivity contribution in [3.05, 3.63) is 53.0 Å². The molecule has 21 heavy (non-hydrogen) atoms. The predicted octanol–water partition coefficient (Wildman–Crippen LogP) is -1.80. The van der Waals surface area contributed by atoms with Crippen molar-refractivity contribution in [2.24, 2.45) is 0 Å². The quantitative estimate of drug-likeness (QED) is 0.371. The van der Waals surface area contributed by atoms with Crippen LogP contribution in [-0.2, 0) is 9.59 Å². The molecule has 0 aliphatic carbocycles. The molecule has 1 heterocycles. The van der Waals surface area contributed by atoms with Gasteiger partial charge in [-0.1, -0.05) is 66.5 Å². The average Bonchev–Trinajstić information content (AvgIpc) is 2.67. The Kier molecular flexibility index (Phi) is 7.34. The normalized spacial score (nSPS) is 16.6. The maximum Gasteiger partial charge on any atom is 1.00 e. The number of carbonyl (C=O) groups excluding carboxylic acids is 2. The predicted molar refractivity (Wildman–Crippen MR) is 80.5 cm³/mol. The number of allylic oxidation sites excluding steroid dienone is 2. The van der Waals surface area contributed by atoms with Gasteiger partial charge in [-0.2, -0.15) is 0 Å². The molecular weight excluding hydrogens is 317 g/mol. The SMILES string of the molecule is O=C([O-])CN1C(=O)/C(=C/C=C/c2ccccc2)SC1=S.[Na+]. The zero-order valence-electron chi connectivity index (χ0n) is 11.3. The summed E-state index contributed by atoms with van der Waals surface area (Å²) in [6.45, 7) is -0.510. The number of hydrogen-bond acceptors (Lipinski definition) is 5. The van der Waals surface area contributed by atoms with E-state index < -0.39 is 18.4 Å². The maximum absolute atomic E-state index is 11.9. The van der Waals surface area contributed by atoms with E-state index in [4.69, 9.17) is 12.2 Å². The van der Waals surface area contributed by atoms with Gasteiger partial charge in [-0.05, 0) is 11.6 Å². The molecule has 1 aromatic carbocycles. The first-order valence-corrected chi connectivity index (χ1v) is 6.97. The summed E-state index contributed by atoms with van der Waals surface area (Å²) in [5.41, 5.74) is 1.01. The van der Waals surface area contributed by atoms with E-state index in [0.29, 0.717) is 4.91 Å². The molecule has 1 aliphatic rings. The van der Waals surface area contributed by atoms with Crippen molar-refractivity contribution < 1.29 is 44.3 Å². The van der Waals surface area contributed by atoms with E-state index in [2.05, 4.69) is 0 Å². The molecule has 1 amide bonds. The molecule has 1 aromatic rings. The second-order valence-corrected chi connectivity index (χ2v) is 5.61. The van der Waals surface area contributed by atoms with Crippen molar-refractivity contribution in [1.29, 1.82) is 0 Å². The van der Waals surface area contributed by atoms with Gasteiger partial charge in [-0.15, -0.1) is 0 Å². The van der Waals surface area contributed by atoms with Crippen LogP contribution in [0.15, 0.2) is 47.4 Å². The van der Waals surface area contributed by atoms with Crippen molar-refractivity contribution >= 4 is 46.3 Å². The van der Waals surface area contributed by atoms with Crippen molar-refractivity contribution in [2.45, 2.75) is 0 Å². The van der Waals surface area contributed by atoms with Gasteiger partial charge in [0, 0.05) is 0 Å². The van der Waals surface area contributed by atoms with Crippen LogP contribution in [0, 0.1) is 0 Å². The summed E-state index contributed by atoms with van der Waals surface area (Å²) in [5.74, 6) is -1.73. The first-order valence-electron chi connectivity index (χ1n) is 5.75. The number of carboxylic acids is 1. The third-order valence-electron chi connectivity index (χ3n) is 2.50. The molecule has 1 fully saturated rings. The van der Waals surface area contributed by atoms with E-state index in [0.717, 1.165) is 22.2 Å². The van der Waals surface area contributed by atoms with E-state index in [1.807, 2.05) is 36.4 Å².